The van der Waals surface area contributed by atoms with Crippen molar-refractivity contribution in [3.8, 4) is 5.75 Å². The molecule has 1 amide bonds. The molecule has 0 radical (unpaired) electrons. The van der Waals surface area contributed by atoms with Crippen molar-refractivity contribution in [2.75, 3.05) is 0 Å². The first-order valence-electron chi connectivity index (χ1n) is 7.44. The second-order valence-corrected chi connectivity index (χ2v) is 5.85. The van der Waals surface area contributed by atoms with E-state index in [1.54, 1.807) is 19.1 Å². The largest absolute Gasteiger partial charge is 0.474 e. The predicted molar refractivity (Wildman–Crippen MR) is 91.2 cm³/mol. The summed E-state index contributed by atoms with van der Waals surface area (Å²) < 4.78 is 18.3. The van der Waals surface area contributed by atoms with Crippen LogP contribution < -0.4 is 10.1 Å². The van der Waals surface area contributed by atoms with Crippen LogP contribution >= 0.6 is 11.6 Å². The molecule has 0 saturated heterocycles. The van der Waals surface area contributed by atoms with Crippen molar-refractivity contribution in [1.29, 1.82) is 0 Å². The summed E-state index contributed by atoms with van der Waals surface area (Å²) in [5, 5.41) is 14.0. The molecule has 0 spiro atoms. The number of benzene rings is 2. The zero-order chi connectivity index (χ0) is 18.6. The van der Waals surface area contributed by atoms with Gasteiger partial charge in [-0.25, -0.2) is 4.39 Å². The second-order valence-electron chi connectivity index (χ2n) is 5.41. The van der Waals surface area contributed by atoms with Crippen LogP contribution in [0.15, 0.2) is 42.5 Å². The summed E-state index contributed by atoms with van der Waals surface area (Å²) in [6, 6.07) is 9.29. The standard InChI is InChI=1S/C17H16ClFN2O4/c1-10(12-3-6-14(19)7-4-12)20-17(22)11(2)25-16-8-5-13(18)9-15(16)21(23)24/h3-11H,1-2H3,(H,20,22)/t10-,11+/m0/s1. The van der Waals surface area contributed by atoms with Gasteiger partial charge < -0.3 is 10.1 Å². The smallest absolute Gasteiger partial charge is 0.312 e. The Bertz CT molecular complexity index is 783. The number of nitrogens with one attached hydrogen (secondary N) is 1. The van der Waals surface area contributed by atoms with Gasteiger partial charge in [0, 0.05) is 11.1 Å². The van der Waals surface area contributed by atoms with Crippen LogP contribution in [0.3, 0.4) is 0 Å². The molecule has 132 valence electrons. The van der Waals surface area contributed by atoms with Crippen molar-refractivity contribution in [3.63, 3.8) is 0 Å². The number of carbonyl (C=O) groups excluding carboxylic acids is 1. The number of hydrogen-bond acceptors (Lipinski definition) is 4. The molecule has 8 heteroatoms. The third kappa shape index (κ3) is 4.90. The fourth-order valence-corrected chi connectivity index (χ4v) is 2.31. The average molecular weight is 367 g/mol. The van der Waals surface area contributed by atoms with Gasteiger partial charge in [0.15, 0.2) is 11.9 Å². The number of halogens is 2. The predicted octanol–water partition coefficient (Wildman–Crippen LogP) is 4.03. The van der Waals surface area contributed by atoms with Gasteiger partial charge >= 0.3 is 5.69 Å². The van der Waals surface area contributed by atoms with Crippen molar-refractivity contribution in [2.45, 2.75) is 26.0 Å². The van der Waals surface area contributed by atoms with Crippen LogP contribution in [0.4, 0.5) is 10.1 Å². The highest BCUT2D eigenvalue weighted by atomic mass is 35.5. The number of hydrogen-bond donors (Lipinski definition) is 1. The Morgan fingerprint density at radius 3 is 2.48 bits per heavy atom. The van der Waals surface area contributed by atoms with Crippen molar-refractivity contribution in [1.82, 2.24) is 5.32 Å². The van der Waals surface area contributed by atoms with Crippen LogP contribution in [-0.4, -0.2) is 16.9 Å². The van der Waals surface area contributed by atoms with Gasteiger partial charge in [0.25, 0.3) is 5.91 Å². The van der Waals surface area contributed by atoms with E-state index in [4.69, 9.17) is 16.3 Å². The number of nitro benzene ring substituents is 1. The summed E-state index contributed by atoms with van der Waals surface area (Å²) in [4.78, 5) is 22.7. The van der Waals surface area contributed by atoms with Gasteiger partial charge in [-0.1, -0.05) is 23.7 Å². The fourth-order valence-electron chi connectivity index (χ4n) is 2.14. The van der Waals surface area contributed by atoms with E-state index >= 15 is 0 Å². The normalized spacial score (nSPS) is 13.0. The highest BCUT2D eigenvalue weighted by Gasteiger charge is 2.22. The van der Waals surface area contributed by atoms with Gasteiger partial charge in [0.1, 0.15) is 5.82 Å². The maximum Gasteiger partial charge on any atom is 0.312 e. The van der Waals surface area contributed by atoms with E-state index in [0.717, 1.165) is 11.6 Å². The summed E-state index contributed by atoms with van der Waals surface area (Å²) in [5.41, 5.74) is 0.401. The first kappa shape index (κ1) is 18.7. The molecule has 0 aliphatic heterocycles. The van der Waals surface area contributed by atoms with Crippen molar-refractivity contribution >= 4 is 23.2 Å². The zero-order valence-electron chi connectivity index (χ0n) is 13.5. The van der Waals surface area contributed by atoms with E-state index in [2.05, 4.69) is 5.32 Å². The minimum atomic E-state index is -0.970. The van der Waals surface area contributed by atoms with E-state index in [-0.39, 0.29) is 28.3 Å². The Morgan fingerprint density at radius 2 is 1.88 bits per heavy atom. The molecule has 25 heavy (non-hydrogen) atoms. The summed E-state index contributed by atoms with van der Waals surface area (Å²) in [7, 11) is 0. The first-order chi connectivity index (χ1) is 11.8. The lowest BCUT2D eigenvalue weighted by Gasteiger charge is -2.19. The van der Waals surface area contributed by atoms with E-state index < -0.39 is 16.9 Å². The lowest BCUT2D eigenvalue weighted by molar-refractivity contribution is -0.386. The number of nitrogens with zero attached hydrogens (tertiary/aromatic N) is 1. The van der Waals surface area contributed by atoms with Crippen molar-refractivity contribution < 1.29 is 18.8 Å². The van der Waals surface area contributed by atoms with E-state index in [1.807, 2.05) is 0 Å². The molecule has 0 bridgehead atoms. The molecule has 6 nitrogen and oxygen atoms in total. The van der Waals surface area contributed by atoms with Crippen LogP contribution in [-0.2, 0) is 4.79 Å². The third-order valence-corrected chi connectivity index (χ3v) is 3.75. The molecule has 0 saturated carbocycles. The fraction of sp³-hybridized carbons (Fsp3) is 0.235. The Morgan fingerprint density at radius 1 is 1.24 bits per heavy atom. The van der Waals surface area contributed by atoms with Crippen LogP contribution in [0.5, 0.6) is 5.75 Å². The number of rotatable bonds is 6. The minimum Gasteiger partial charge on any atom is -0.474 e. The van der Waals surface area contributed by atoms with E-state index in [0.29, 0.717) is 0 Å². The SMILES string of the molecule is C[C@H](NC(=O)[C@@H](C)Oc1ccc(Cl)cc1[N+](=O)[O-])c1ccc(F)cc1. The molecular weight excluding hydrogens is 351 g/mol. The minimum absolute atomic E-state index is 0.0496. The maximum atomic E-state index is 12.9. The highest BCUT2D eigenvalue weighted by Crippen LogP contribution is 2.30. The van der Waals surface area contributed by atoms with Crippen LogP contribution in [0.2, 0.25) is 5.02 Å². The molecule has 0 aliphatic rings. The zero-order valence-corrected chi connectivity index (χ0v) is 14.3. The third-order valence-electron chi connectivity index (χ3n) is 3.52. The molecule has 2 aromatic rings. The van der Waals surface area contributed by atoms with E-state index in [9.17, 15) is 19.3 Å². The number of nitro groups is 1. The molecule has 1 N–H and O–H groups in total. The van der Waals surface area contributed by atoms with Gasteiger partial charge in [-0.3, -0.25) is 14.9 Å². The van der Waals surface area contributed by atoms with Gasteiger partial charge in [0.05, 0.1) is 11.0 Å². The highest BCUT2D eigenvalue weighted by molar-refractivity contribution is 6.30. The molecule has 0 aliphatic carbocycles. The van der Waals surface area contributed by atoms with Crippen LogP contribution in [0, 0.1) is 15.9 Å². The molecular formula is C17H16ClFN2O4. The quantitative estimate of drug-likeness (QED) is 0.618. The second kappa shape index (κ2) is 7.94. The van der Waals surface area contributed by atoms with E-state index in [1.165, 1.54) is 31.2 Å². The Labute approximate surface area is 148 Å². The summed E-state index contributed by atoms with van der Waals surface area (Å²) >= 11 is 5.74. The number of ether oxygens (including phenoxy) is 1. The molecule has 0 unspecified atom stereocenters. The van der Waals surface area contributed by atoms with Gasteiger partial charge in [-0.15, -0.1) is 0 Å². The van der Waals surface area contributed by atoms with Gasteiger partial charge in [-0.05, 0) is 43.7 Å². The van der Waals surface area contributed by atoms with Crippen LogP contribution in [0.1, 0.15) is 25.5 Å². The first-order valence-corrected chi connectivity index (χ1v) is 7.82. The number of carbonyl (C=O) groups is 1. The number of amides is 1. The Hall–Kier alpha value is -2.67. The molecule has 2 atom stereocenters. The molecule has 2 aromatic carbocycles. The summed E-state index contributed by atoms with van der Waals surface area (Å²) in [6.45, 7) is 3.22. The molecule has 0 aromatic heterocycles. The topological polar surface area (TPSA) is 81.5 Å². The lowest BCUT2D eigenvalue weighted by atomic mass is 10.1. The monoisotopic (exact) mass is 366 g/mol. The molecule has 0 heterocycles. The Kier molecular flexibility index (Phi) is 5.93. The molecule has 0 fully saturated rings. The lowest BCUT2D eigenvalue weighted by Crippen LogP contribution is -2.37. The van der Waals surface area contributed by atoms with Crippen molar-refractivity contribution in [3.05, 3.63) is 69.0 Å². The van der Waals surface area contributed by atoms with Crippen molar-refractivity contribution in [2.24, 2.45) is 0 Å². The molecule has 2 rings (SSSR count). The van der Waals surface area contributed by atoms with Crippen LogP contribution in [0.25, 0.3) is 0 Å². The summed E-state index contributed by atoms with van der Waals surface area (Å²) in [6.07, 6.45) is -0.970. The maximum absolute atomic E-state index is 12.9. The van der Waals surface area contributed by atoms with Gasteiger partial charge in [0.2, 0.25) is 0 Å². The summed E-state index contributed by atoms with van der Waals surface area (Å²) in [5.74, 6) is -0.874. The Balaban J connectivity index is 2.05. The average Bonchev–Trinajstić information content (AvgIpc) is 2.56. The van der Waals surface area contributed by atoms with Gasteiger partial charge in [-0.2, -0.15) is 0 Å².